The number of aliphatic carboxylic acids is 1. The van der Waals surface area contributed by atoms with Gasteiger partial charge in [-0.1, -0.05) is 30.3 Å². The van der Waals surface area contributed by atoms with E-state index in [0.717, 1.165) is 26.2 Å². The number of hydrogen-bond donors (Lipinski definition) is 2. The second kappa shape index (κ2) is 6.83. The molecule has 0 saturated carbocycles. The van der Waals surface area contributed by atoms with E-state index in [2.05, 4.69) is 29.0 Å². The molecule has 1 aromatic carbocycles. The number of nitrogens with two attached hydrogens (primary N) is 1. The third-order valence-corrected chi connectivity index (χ3v) is 3.92. The lowest BCUT2D eigenvalue weighted by Gasteiger charge is -2.40. The molecular weight excluding hydrogens is 254 g/mol. The molecule has 20 heavy (non-hydrogen) atoms. The first-order chi connectivity index (χ1) is 9.58. The van der Waals surface area contributed by atoms with E-state index in [1.54, 1.807) is 0 Å². The fourth-order valence-corrected chi connectivity index (χ4v) is 2.64. The molecule has 3 N–H and O–H groups in total. The standard InChI is InChI=1S/C15H23N3O2/c1-17-9-10-18(8-7-13(16)15(19)20)14(11-17)12-5-3-2-4-6-12/h2-6,13-14H,7-11,16H2,1H3,(H,19,20). The molecule has 110 valence electrons. The summed E-state index contributed by atoms with van der Waals surface area (Å²) in [5.74, 6) is -0.921. The quantitative estimate of drug-likeness (QED) is 0.832. The lowest BCUT2D eigenvalue weighted by molar-refractivity contribution is -0.138. The van der Waals surface area contributed by atoms with Crippen molar-refractivity contribution in [1.82, 2.24) is 9.80 Å². The van der Waals surface area contributed by atoms with E-state index in [1.165, 1.54) is 5.56 Å². The maximum absolute atomic E-state index is 10.8. The van der Waals surface area contributed by atoms with E-state index in [0.29, 0.717) is 12.5 Å². The number of rotatable bonds is 5. The summed E-state index contributed by atoms with van der Waals surface area (Å²) in [7, 11) is 2.12. The van der Waals surface area contributed by atoms with Crippen LogP contribution in [0, 0.1) is 0 Å². The minimum atomic E-state index is -0.921. The Labute approximate surface area is 120 Å². The number of carboxylic acid groups (broad SMARTS) is 1. The molecule has 0 bridgehead atoms. The molecule has 1 fully saturated rings. The summed E-state index contributed by atoms with van der Waals surface area (Å²) in [5, 5.41) is 8.88. The van der Waals surface area contributed by atoms with Crippen LogP contribution in [-0.2, 0) is 4.79 Å². The minimum absolute atomic E-state index is 0.316. The average molecular weight is 277 g/mol. The number of carbonyl (C=O) groups is 1. The van der Waals surface area contributed by atoms with Gasteiger partial charge < -0.3 is 15.7 Å². The van der Waals surface area contributed by atoms with Gasteiger partial charge in [0.25, 0.3) is 0 Å². The van der Waals surface area contributed by atoms with E-state index in [-0.39, 0.29) is 0 Å². The molecule has 2 atom stereocenters. The molecule has 1 aromatic rings. The Morgan fingerprint density at radius 2 is 2.10 bits per heavy atom. The number of hydrogen-bond acceptors (Lipinski definition) is 4. The van der Waals surface area contributed by atoms with Crippen LogP contribution in [0.4, 0.5) is 0 Å². The van der Waals surface area contributed by atoms with E-state index in [1.807, 2.05) is 18.2 Å². The van der Waals surface area contributed by atoms with Gasteiger partial charge in [-0.05, 0) is 19.0 Å². The first kappa shape index (κ1) is 15.0. The summed E-state index contributed by atoms with van der Waals surface area (Å²) in [6.07, 6.45) is 0.488. The Hall–Kier alpha value is -1.43. The molecule has 1 aliphatic heterocycles. The lowest BCUT2D eigenvalue weighted by Crippen LogP contribution is -2.48. The highest BCUT2D eigenvalue weighted by Crippen LogP contribution is 2.24. The lowest BCUT2D eigenvalue weighted by atomic mass is 10.0. The molecule has 1 aliphatic rings. The van der Waals surface area contributed by atoms with Gasteiger partial charge in [0.1, 0.15) is 6.04 Å². The highest BCUT2D eigenvalue weighted by molar-refractivity contribution is 5.72. The van der Waals surface area contributed by atoms with Gasteiger partial charge >= 0.3 is 5.97 Å². The molecule has 1 saturated heterocycles. The molecule has 0 radical (unpaired) electrons. The van der Waals surface area contributed by atoms with E-state index in [4.69, 9.17) is 10.8 Å². The van der Waals surface area contributed by atoms with Crippen LogP contribution in [0.5, 0.6) is 0 Å². The van der Waals surface area contributed by atoms with Crippen molar-refractivity contribution in [2.75, 3.05) is 33.2 Å². The molecule has 2 rings (SSSR count). The van der Waals surface area contributed by atoms with Gasteiger partial charge in [-0.3, -0.25) is 9.69 Å². The maximum Gasteiger partial charge on any atom is 0.320 e. The summed E-state index contributed by atoms with van der Waals surface area (Å²) >= 11 is 0. The van der Waals surface area contributed by atoms with Crippen LogP contribution in [0.25, 0.3) is 0 Å². The molecule has 1 heterocycles. The predicted octanol–water partition coefficient (Wildman–Crippen LogP) is 0.777. The van der Waals surface area contributed by atoms with Gasteiger partial charge in [-0.25, -0.2) is 0 Å². The number of likely N-dealkylation sites (N-methyl/N-ethyl adjacent to an activating group) is 1. The van der Waals surface area contributed by atoms with Crippen LogP contribution < -0.4 is 5.73 Å². The topological polar surface area (TPSA) is 69.8 Å². The zero-order valence-corrected chi connectivity index (χ0v) is 11.9. The Morgan fingerprint density at radius 3 is 2.75 bits per heavy atom. The molecule has 2 unspecified atom stereocenters. The second-order valence-electron chi connectivity index (χ2n) is 5.46. The van der Waals surface area contributed by atoms with Crippen LogP contribution in [0.3, 0.4) is 0 Å². The Morgan fingerprint density at radius 1 is 1.40 bits per heavy atom. The molecule has 5 nitrogen and oxygen atoms in total. The number of benzene rings is 1. The van der Waals surface area contributed by atoms with Gasteiger partial charge in [0.05, 0.1) is 0 Å². The first-order valence-corrected chi connectivity index (χ1v) is 7.04. The zero-order valence-electron chi connectivity index (χ0n) is 11.9. The van der Waals surface area contributed by atoms with Crippen molar-refractivity contribution in [3.8, 4) is 0 Å². The van der Waals surface area contributed by atoms with E-state index >= 15 is 0 Å². The summed E-state index contributed by atoms with van der Waals surface area (Å²) in [6, 6.07) is 9.92. The van der Waals surface area contributed by atoms with Crippen molar-refractivity contribution in [3.63, 3.8) is 0 Å². The van der Waals surface area contributed by atoms with Crippen molar-refractivity contribution >= 4 is 5.97 Å². The summed E-state index contributed by atoms with van der Waals surface area (Å²) < 4.78 is 0. The van der Waals surface area contributed by atoms with Crippen LogP contribution in [0.1, 0.15) is 18.0 Å². The van der Waals surface area contributed by atoms with E-state index in [9.17, 15) is 4.79 Å². The Kier molecular flexibility index (Phi) is 5.11. The van der Waals surface area contributed by atoms with Crippen LogP contribution in [0.15, 0.2) is 30.3 Å². The summed E-state index contributed by atoms with van der Waals surface area (Å²) in [4.78, 5) is 15.5. The highest BCUT2D eigenvalue weighted by Gasteiger charge is 2.27. The SMILES string of the molecule is CN1CCN(CCC(N)C(=O)O)C(c2ccccc2)C1. The Balaban J connectivity index is 2.03. The summed E-state index contributed by atoms with van der Waals surface area (Å²) in [5.41, 5.74) is 6.89. The van der Waals surface area contributed by atoms with Crippen molar-refractivity contribution < 1.29 is 9.90 Å². The number of carboxylic acids is 1. The molecule has 0 spiro atoms. The van der Waals surface area contributed by atoms with Crippen LogP contribution >= 0.6 is 0 Å². The van der Waals surface area contributed by atoms with Crippen molar-refractivity contribution in [3.05, 3.63) is 35.9 Å². The minimum Gasteiger partial charge on any atom is -0.480 e. The highest BCUT2D eigenvalue weighted by atomic mass is 16.4. The molecule has 0 amide bonds. The first-order valence-electron chi connectivity index (χ1n) is 7.04. The van der Waals surface area contributed by atoms with Gasteiger partial charge in [-0.2, -0.15) is 0 Å². The smallest absolute Gasteiger partial charge is 0.320 e. The molecule has 0 aliphatic carbocycles. The van der Waals surface area contributed by atoms with Crippen molar-refractivity contribution in [2.45, 2.75) is 18.5 Å². The maximum atomic E-state index is 10.8. The monoisotopic (exact) mass is 277 g/mol. The molecule has 5 heteroatoms. The van der Waals surface area contributed by atoms with Crippen LogP contribution in [0.2, 0.25) is 0 Å². The van der Waals surface area contributed by atoms with Gasteiger partial charge in [0.15, 0.2) is 0 Å². The van der Waals surface area contributed by atoms with E-state index < -0.39 is 12.0 Å². The fraction of sp³-hybridized carbons (Fsp3) is 0.533. The molecule has 0 aromatic heterocycles. The normalized spacial score (nSPS) is 22.6. The third kappa shape index (κ3) is 3.79. The van der Waals surface area contributed by atoms with Gasteiger partial charge in [0, 0.05) is 32.2 Å². The third-order valence-electron chi connectivity index (χ3n) is 3.92. The van der Waals surface area contributed by atoms with Crippen LogP contribution in [-0.4, -0.2) is 60.1 Å². The second-order valence-corrected chi connectivity index (χ2v) is 5.46. The number of piperazine rings is 1. The molecular formula is C15H23N3O2. The predicted molar refractivity (Wildman–Crippen MR) is 78.5 cm³/mol. The van der Waals surface area contributed by atoms with Crippen molar-refractivity contribution in [2.24, 2.45) is 5.73 Å². The average Bonchev–Trinajstić information content (AvgIpc) is 2.46. The summed E-state index contributed by atoms with van der Waals surface area (Å²) in [6.45, 7) is 3.64. The Bertz CT molecular complexity index is 438. The zero-order chi connectivity index (χ0) is 14.5. The fourth-order valence-electron chi connectivity index (χ4n) is 2.64. The largest absolute Gasteiger partial charge is 0.480 e. The van der Waals surface area contributed by atoms with Gasteiger partial charge in [-0.15, -0.1) is 0 Å². The van der Waals surface area contributed by atoms with Gasteiger partial charge in [0.2, 0.25) is 0 Å². The number of nitrogens with zero attached hydrogens (tertiary/aromatic N) is 2. The van der Waals surface area contributed by atoms with Crippen molar-refractivity contribution in [1.29, 1.82) is 0 Å².